The van der Waals surface area contributed by atoms with Gasteiger partial charge in [0.25, 0.3) is 0 Å². The number of benzene rings is 1. The molecule has 0 fully saturated rings. The minimum absolute atomic E-state index is 0.611. The van der Waals surface area contributed by atoms with Gasteiger partial charge in [-0.3, -0.25) is 0 Å². The first-order valence-electron chi connectivity index (χ1n) is 5.87. The Bertz CT molecular complexity index is 535. The summed E-state index contributed by atoms with van der Waals surface area (Å²) in [6.45, 7) is 7.46. The molecule has 0 spiro atoms. The lowest BCUT2D eigenvalue weighted by Gasteiger charge is -2.13. The fourth-order valence-corrected chi connectivity index (χ4v) is 2.33. The van der Waals surface area contributed by atoms with Gasteiger partial charge in [-0.2, -0.15) is 0 Å². The number of hydrogen-bond acceptors (Lipinski definition) is 2. The Kier molecular flexibility index (Phi) is 3.67. The maximum atomic E-state index is 4.45. The second-order valence-corrected chi connectivity index (χ2v) is 5.58. The van der Waals surface area contributed by atoms with E-state index in [0.717, 1.165) is 16.8 Å². The van der Waals surface area contributed by atoms with Gasteiger partial charge in [-0.25, -0.2) is 4.98 Å². The molecule has 17 heavy (non-hydrogen) atoms. The van der Waals surface area contributed by atoms with Crippen LogP contribution >= 0.6 is 15.9 Å². The van der Waals surface area contributed by atoms with Gasteiger partial charge in [0.2, 0.25) is 0 Å². The van der Waals surface area contributed by atoms with E-state index in [1.807, 2.05) is 12.3 Å². The van der Waals surface area contributed by atoms with Crippen LogP contribution in [0.4, 0.5) is 5.82 Å². The van der Waals surface area contributed by atoms with Crippen LogP contribution in [0.3, 0.4) is 0 Å². The Hall–Kier alpha value is -1.09. The van der Waals surface area contributed by atoms with E-state index in [1.54, 1.807) is 0 Å². The third-order valence-electron chi connectivity index (χ3n) is 2.76. The van der Waals surface area contributed by atoms with Crippen molar-refractivity contribution < 1.29 is 0 Å². The van der Waals surface area contributed by atoms with Crippen LogP contribution in [0.2, 0.25) is 0 Å². The van der Waals surface area contributed by atoms with Crippen LogP contribution in [0.25, 0.3) is 10.8 Å². The first kappa shape index (κ1) is 12.4. The molecule has 90 valence electrons. The first-order valence-corrected chi connectivity index (χ1v) is 6.66. The van der Waals surface area contributed by atoms with Gasteiger partial charge >= 0.3 is 0 Å². The number of aromatic nitrogens is 1. The fourth-order valence-electron chi connectivity index (χ4n) is 1.87. The fraction of sp³-hybridized carbons (Fsp3) is 0.357. The number of pyridine rings is 1. The molecule has 1 aromatic heterocycles. The summed E-state index contributed by atoms with van der Waals surface area (Å²) in [5, 5.41) is 5.85. The van der Waals surface area contributed by atoms with Crippen LogP contribution in [0.5, 0.6) is 0 Å². The predicted molar refractivity (Wildman–Crippen MR) is 77.5 cm³/mol. The van der Waals surface area contributed by atoms with Crippen molar-refractivity contribution in [1.82, 2.24) is 4.98 Å². The van der Waals surface area contributed by atoms with Gasteiger partial charge in [0.1, 0.15) is 5.82 Å². The molecule has 3 heteroatoms. The molecule has 0 aliphatic rings. The lowest BCUT2D eigenvalue weighted by atomic mass is 10.1. The molecule has 0 bridgehead atoms. The van der Waals surface area contributed by atoms with Gasteiger partial charge in [0.15, 0.2) is 0 Å². The second-order valence-electron chi connectivity index (χ2n) is 4.72. The smallest absolute Gasteiger partial charge is 0.134 e. The number of hydrogen-bond donors (Lipinski definition) is 1. The Morgan fingerprint density at radius 3 is 2.76 bits per heavy atom. The average molecular weight is 293 g/mol. The van der Waals surface area contributed by atoms with Crippen molar-refractivity contribution in [3.8, 4) is 0 Å². The van der Waals surface area contributed by atoms with Crippen LogP contribution in [0, 0.1) is 12.8 Å². The van der Waals surface area contributed by atoms with Crippen molar-refractivity contribution in [1.29, 1.82) is 0 Å². The lowest BCUT2D eigenvalue weighted by Crippen LogP contribution is -2.09. The monoisotopic (exact) mass is 292 g/mol. The maximum Gasteiger partial charge on any atom is 0.134 e. The summed E-state index contributed by atoms with van der Waals surface area (Å²) in [5.74, 6) is 1.59. The SMILES string of the molecule is Cc1ccc(Br)c2ccnc(NCC(C)C)c12. The topological polar surface area (TPSA) is 24.9 Å². The maximum absolute atomic E-state index is 4.45. The molecule has 0 radical (unpaired) electrons. The molecular weight excluding hydrogens is 276 g/mol. The van der Waals surface area contributed by atoms with Crippen molar-refractivity contribution in [2.24, 2.45) is 5.92 Å². The van der Waals surface area contributed by atoms with Crippen LogP contribution in [-0.4, -0.2) is 11.5 Å². The zero-order chi connectivity index (χ0) is 12.4. The first-order chi connectivity index (χ1) is 8.09. The van der Waals surface area contributed by atoms with Gasteiger partial charge in [-0.05, 0) is 30.5 Å². The highest BCUT2D eigenvalue weighted by atomic mass is 79.9. The molecule has 0 atom stereocenters. The highest BCUT2D eigenvalue weighted by Crippen LogP contribution is 2.30. The number of nitrogens with one attached hydrogen (secondary N) is 1. The lowest BCUT2D eigenvalue weighted by molar-refractivity contribution is 0.687. The molecule has 0 amide bonds. The minimum atomic E-state index is 0.611. The van der Waals surface area contributed by atoms with E-state index in [2.05, 4.69) is 59.1 Å². The van der Waals surface area contributed by atoms with E-state index < -0.39 is 0 Å². The molecule has 1 heterocycles. The van der Waals surface area contributed by atoms with Crippen LogP contribution in [0.15, 0.2) is 28.9 Å². The van der Waals surface area contributed by atoms with E-state index in [0.29, 0.717) is 5.92 Å². The summed E-state index contributed by atoms with van der Waals surface area (Å²) < 4.78 is 1.12. The van der Waals surface area contributed by atoms with Gasteiger partial charge in [0, 0.05) is 28.0 Å². The Labute approximate surface area is 111 Å². The molecule has 2 rings (SSSR count). The third-order valence-corrected chi connectivity index (χ3v) is 3.45. The zero-order valence-corrected chi connectivity index (χ0v) is 12.0. The molecule has 0 saturated heterocycles. The molecule has 2 nitrogen and oxygen atoms in total. The van der Waals surface area contributed by atoms with Crippen molar-refractivity contribution in [2.75, 3.05) is 11.9 Å². The Morgan fingerprint density at radius 1 is 1.29 bits per heavy atom. The minimum Gasteiger partial charge on any atom is -0.369 e. The van der Waals surface area contributed by atoms with Gasteiger partial charge in [-0.1, -0.05) is 35.8 Å². The summed E-state index contributed by atoms with van der Waals surface area (Å²) in [6.07, 6.45) is 1.86. The number of rotatable bonds is 3. The molecule has 0 saturated carbocycles. The number of aryl methyl sites for hydroxylation is 1. The summed E-state index contributed by atoms with van der Waals surface area (Å²) in [6, 6.07) is 6.26. The molecule has 1 N–H and O–H groups in total. The average Bonchev–Trinajstić information content (AvgIpc) is 2.31. The predicted octanol–water partition coefficient (Wildman–Crippen LogP) is 4.37. The largest absolute Gasteiger partial charge is 0.369 e. The summed E-state index contributed by atoms with van der Waals surface area (Å²) >= 11 is 3.59. The number of fused-ring (bicyclic) bond motifs is 1. The van der Waals surface area contributed by atoms with Gasteiger partial charge in [-0.15, -0.1) is 0 Å². The van der Waals surface area contributed by atoms with Crippen LogP contribution < -0.4 is 5.32 Å². The van der Waals surface area contributed by atoms with E-state index in [9.17, 15) is 0 Å². The molecular formula is C14H17BrN2. The van der Waals surface area contributed by atoms with Crippen LogP contribution in [0.1, 0.15) is 19.4 Å². The summed E-state index contributed by atoms with van der Waals surface area (Å²) in [5.41, 5.74) is 1.25. The van der Waals surface area contributed by atoms with Gasteiger partial charge < -0.3 is 5.32 Å². The third kappa shape index (κ3) is 2.60. The summed E-state index contributed by atoms with van der Waals surface area (Å²) in [4.78, 5) is 4.45. The number of nitrogens with zero attached hydrogens (tertiary/aromatic N) is 1. The zero-order valence-electron chi connectivity index (χ0n) is 10.4. The van der Waals surface area contributed by atoms with Gasteiger partial charge in [0.05, 0.1) is 0 Å². The molecule has 0 aliphatic carbocycles. The molecule has 1 aromatic carbocycles. The summed E-state index contributed by atoms with van der Waals surface area (Å²) in [7, 11) is 0. The molecule has 2 aromatic rings. The number of anilines is 1. The molecule has 0 aliphatic heterocycles. The Morgan fingerprint density at radius 2 is 2.06 bits per heavy atom. The quantitative estimate of drug-likeness (QED) is 0.908. The highest BCUT2D eigenvalue weighted by Gasteiger charge is 2.07. The highest BCUT2D eigenvalue weighted by molar-refractivity contribution is 9.10. The molecule has 0 unspecified atom stereocenters. The van der Waals surface area contributed by atoms with E-state index >= 15 is 0 Å². The van der Waals surface area contributed by atoms with E-state index in [4.69, 9.17) is 0 Å². The second kappa shape index (κ2) is 5.05. The van der Waals surface area contributed by atoms with Crippen LogP contribution in [-0.2, 0) is 0 Å². The normalized spacial score (nSPS) is 11.1. The Balaban J connectivity index is 2.52. The van der Waals surface area contributed by atoms with E-state index in [-0.39, 0.29) is 0 Å². The number of halogens is 1. The van der Waals surface area contributed by atoms with Crippen molar-refractivity contribution in [3.63, 3.8) is 0 Å². The van der Waals surface area contributed by atoms with E-state index in [1.165, 1.54) is 16.3 Å². The van der Waals surface area contributed by atoms with Crippen molar-refractivity contribution in [2.45, 2.75) is 20.8 Å². The van der Waals surface area contributed by atoms with Crippen molar-refractivity contribution >= 4 is 32.5 Å². The van der Waals surface area contributed by atoms with Crippen molar-refractivity contribution in [3.05, 3.63) is 34.4 Å². The standard InChI is InChI=1S/C14H17BrN2/c1-9(2)8-17-14-13-10(3)4-5-12(15)11(13)6-7-16-14/h4-7,9H,8H2,1-3H3,(H,16,17).